The lowest BCUT2D eigenvalue weighted by Gasteiger charge is -2.12. The third kappa shape index (κ3) is 2.33. The molecule has 0 spiro atoms. The second-order valence-corrected chi connectivity index (χ2v) is 5.30. The molecule has 0 atom stereocenters. The van der Waals surface area contributed by atoms with Gasteiger partial charge < -0.3 is 4.74 Å². The number of hydrogen-bond donors (Lipinski definition) is 1. The Balaban J connectivity index is 2.49. The second kappa shape index (κ2) is 4.03. The Bertz CT molecular complexity index is 495. The molecule has 0 bridgehead atoms. The lowest BCUT2D eigenvalue weighted by Crippen LogP contribution is -2.17. The molecule has 0 saturated heterocycles. The van der Waals surface area contributed by atoms with Crippen molar-refractivity contribution in [1.82, 2.24) is 4.98 Å². The molecule has 88 valence electrons. The number of nitrogens with two attached hydrogens (primary N) is 1. The smallest absolute Gasteiger partial charge is 0.259 e. The van der Waals surface area contributed by atoms with Crippen LogP contribution in [0.1, 0.15) is 25.3 Å². The molecule has 2 N–H and O–H groups in total. The van der Waals surface area contributed by atoms with Crippen molar-refractivity contribution in [1.29, 1.82) is 0 Å². The molecule has 1 saturated carbocycles. The zero-order valence-electron chi connectivity index (χ0n) is 9.01. The van der Waals surface area contributed by atoms with Gasteiger partial charge in [-0.3, -0.25) is 0 Å². The van der Waals surface area contributed by atoms with Gasteiger partial charge in [0.05, 0.1) is 6.10 Å². The van der Waals surface area contributed by atoms with Crippen molar-refractivity contribution in [2.45, 2.75) is 37.3 Å². The van der Waals surface area contributed by atoms with Gasteiger partial charge in [-0.15, -0.1) is 0 Å². The summed E-state index contributed by atoms with van der Waals surface area (Å²) in [6.45, 7) is 1.93. The summed E-state index contributed by atoms with van der Waals surface area (Å²) < 4.78 is 28.3. The van der Waals surface area contributed by atoms with Crippen LogP contribution in [0, 0.1) is 0 Å². The van der Waals surface area contributed by atoms with Gasteiger partial charge >= 0.3 is 0 Å². The van der Waals surface area contributed by atoms with E-state index < -0.39 is 10.0 Å². The summed E-state index contributed by atoms with van der Waals surface area (Å²) in [5.41, 5.74) is 0.825. The third-order valence-corrected chi connectivity index (χ3v) is 3.24. The van der Waals surface area contributed by atoms with Crippen molar-refractivity contribution < 1.29 is 13.2 Å². The highest BCUT2D eigenvalue weighted by atomic mass is 32.2. The van der Waals surface area contributed by atoms with Crippen LogP contribution in [0.25, 0.3) is 0 Å². The Morgan fingerprint density at radius 3 is 2.75 bits per heavy atom. The molecule has 0 unspecified atom stereocenters. The topological polar surface area (TPSA) is 82.3 Å². The molecular formula is C10H14N2O3S. The second-order valence-electron chi connectivity index (χ2n) is 3.82. The normalized spacial score (nSPS) is 16.1. The van der Waals surface area contributed by atoms with Gasteiger partial charge in [0.15, 0.2) is 5.75 Å². The van der Waals surface area contributed by atoms with E-state index in [0.29, 0.717) is 12.2 Å². The van der Waals surface area contributed by atoms with Crippen molar-refractivity contribution in [3.8, 4) is 5.75 Å². The fourth-order valence-electron chi connectivity index (χ4n) is 1.43. The van der Waals surface area contributed by atoms with Crippen LogP contribution in [0.2, 0.25) is 0 Å². The van der Waals surface area contributed by atoms with Crippen LogP contribution in [-0.2, 0) is 16.4 Å². The van der Waals surface area contributed by atoms with Crippen molar-refractivity contribution in [2.75, 3.05) is 0 Å². The first kappa shape index (κ1) is 11.3. The summed E-state index contributed by atoms with van der Waals surface area (Å²) in [5.74, 6) is 0.329. The predicted molar refractivity (Wildman–Crippen MR) is 58.6 cm³/mol. The minimum Gasteiger partial charge on any atom is -0.487 e. The highest BCUT2D eigenvalue weighted by molar-refractivity contribution is 7.89. The molecule has 1 heterocycles. The van der Waals surface area contributed by atoms with Crippen molar-refractivity contribution in [3.05, 3.63) is 17.8 Å². The van der Waals surface area contributed by atoms with Gasteiger partial charge in [0, 0.05) is 6.20 Å². The molecular weight excluding hydrogens is 228 g/mol. The lowest BCUT2D eigenvalue weighted by atomic mass is 10.2. The first-order chi connectivity index (χ1) is 7.52. The summed E-state index contributed by atoms with van der Waals surface area (Å²) in [6.07, 6.45) is 4.17. The molecule has 0 radical (unpaired) electrons. The lowest BCUT2D eigenvalue weighted by molar-refractivity contribution is 0.289. The standard InChI is InChI=1S/C10H14N2O3S/c1-2-7-5-6-12-10(16(11,13)14)9(7)15-8-3-4-8/h5-6,8H,2-4H2,1H3,(H2,11,13,14). The molecule has 1 aromatic heterocycles. The van der Waals surface area contributed by atoms with E-state index in [-0.39, 0.29) is 11.1 Å². The molecule has 6 heteroatoms. The summed E-state index contributed by atoms with van der Waals surface area (Å²) >= 11 is 0. The molecule has 0 amide bonds. The molecule has 1 aromatic rings. The summed E-state index contributed by atoms with van der Waals surface area (Å²) in [7, 11) is -3.82. The van der Waals surface area contributed by atoms with E-state index in [9.17, 15) is 8.42 Å². The quantitative estimate of drug-likeness (QED) is 0.847. The number of rotatable bonds is 4. The average Bonchev–Trinajstić information content (AvgIpc) is 3.00. The molecule has 1 aliphatic carbocycles. The highest BCUT2D eigenvalue weighted by Gasteiger charge is 2.28. The van der Waals surface area contributed by atoms with E-state index in [1.807, 2.05) is 6.92 Å². The Morgan fingerprint density at radius 1 is 1.56 bits per heavy atom. The van der Waals surface area contributed by atoms with E-state index in [1.54, 1.807) is 6.07 Å². The van der Waals surface area contributed by atoms with Crippen LogP contribution >= 0.6 is 0 Å². The minimum atomic E-state index is -3.82. The van der Waals surface area contributed by atoms with Crippen LogP contribution in [0.5, 0.6) is 5.75 Å². The third-order valence-electron chi connectivity index (χ3n) is 2.41. The fraction of sp³-hybridized carbons (Fsp3) is 0.500. The van der Waals surface area contributed by atoms with Gasteiger partial charge in [-0.2, -0.15) is 0 Å². The van der Waals surface area contributed by atoms with Gasteiger partial charge in [0.25, 0.3) is 10.0 Å². The minimum absolute atomic E-state index is 0.120. The maximum absolute atomic E-state index is 11.4. The van der Waals surface area contributed by atoms with Gasteiger partial charge in [0.2, 0.25) is 5.03 Å². The Labute approximate surface area is 94.7 Å². The largest absolute Gasteiger partial charge is 0.487 e. The molecule has 0 aliphatic heterocycles. The molecule has 0 aromatic carbocycles. The Kier molecular flexibility index (Phi) is 2.86. The number of aryl methyl sites for hydroxylation is 1. The molecule has 1 fully saturated rings. The van der Waals surface area contributed by atoms with Crippen LogP contribution in [0.4, 0.5) is 0 Å². The molecule has 1 aliphatic rings. The monoisotopic (exact) mass is 242 g/mol. The molecule has 16 heavy (non-hydrogen) atoms. The summed E-state index contributed by atoms with van der Waals surface area (Å²) in [5, 5.41) is 4.95. The van der Waals surface area contributed by atoms with E-state index >= 15 is 0 Å². The van der Waals surface area contributed by atoms with Crippen molar-refractivity contribution in [2.24, 2.45) is 5.14 Å². The predicted octanol–water partition coefficient (Wildman–Crippen LogP) is 0.833. The zero-order chi connectivity index (χ0) is 11.8. The maximum atomic E-state index is 11.4. The first-order valence-electron chi connectivity index (χ1n) is 5.19. The number of pyridine rings is 1. The van der Waals surface area contributed by atoms with Gasteiger partial charge in [0.1, 0.15) is 0 Å². The van der Waals surface area contributed by atoms with Gasteiger partial charge in [-0.25, -0.2) is 18.5 Å². The molecule has 2 rings (SSSR count). The van der Waals surface area contributed by atoms with E-state index in [0.717, 1.165) is 18.4 Å². The number of hydrogen-bond acceptors (Lipinski definition) is 4. The SMILES string of the molecule is CCc1ccnc(S(N)(=O)=O)c1OC1CC1. The Hall–Kier alpha value is -1.14. The highest BCUT2D eigenvalue weighted by Crippen LogP contribution is 2.32. The van der Waals surface area contributed by atoms with E-state index in [4.69, 9.17) is 9.88 Å². The van der Waals surface area contributed by atoms with Gasteiger partial charge in [-0.1, -0.05) is 6.92 Å². The van der Waals surface area contributed by atoms with E-state index in [2.05, 4.69) is 4.98 Å². The molecule has 5 nitrogen and oxygen atoms in total. The zero-order valence-corrected chi connectivity index (χ0v) is 9.83. The van der Waals surface area contributed by atoms with E-state index in [1.165, 1.54) is 6.20 Å². The maximum Gasteiger partial charge on any atom is 0.259 e. The number of aromatic nitrogens is 1. The van der Waals surface area contributed by atoms with Crippen molar-refractivity contribution in [3.63, 3.8) is 0 Å². The number of nitrogens with zero attached hydrogens (tertiary/aromatic N) is 1. The van der Waals surface area contributed by atoms with Crippen molar-refractivity contribution >= 4 is 10.0 Å². The number of sulfonamides is 1. The van der Waals surface area contributed by atoms with Crippen LogP contribution < -0.4 is 9.88 Å². The fourth-order valence-corrected chi connectivity index (χ4v) is 2.07. The first-order valence-corrected chi connectivity index (χ1v) is 6.74. The summed E-state index contributed by atoms with van der Waals surface area (Å²) in [6, 6.07) is 1.76. The van der Waals surface area contributed by atoms with Gasteiger partial charge in [-0.05, 0) is 30.9 Å². The summed E-state index contributed by atoms with van der Waals surface area (Å²) in [4.78, 5) is 3.80. The average molecular weight is 242 g/mol. The Morgan fingerprint density at radius 2 is 2.25 bits per heavy atom. The van der Waals surface area contributed by atoms with Crippen LogP contribution in [0.3, 0.4) is 0 Å². The number of primary sulfonamides is 1. The number of ether oxygens (including phenoxy) is 1. The van der Waals surface area contributed by atoms with Crippen LogP contribution in [-0.4, -0.2) is 19.5 Å². The van der Waals surface area contributed by atoms with Crippen LogP contribution in [0.15, 0.2) is 17.3 Å².